The predicted octanol–water partition coefficient (Wildman–Crippen LogP) is 3.87. The summed E-state index contributed by atoms with van der Waals surface area (Å²) in [5, 5.41) is 21.4. The Hall–Kier alpha value is -1.12. The Morgan fingerprint density at radius 2 is 2.06 bits per heavy atom. The van der Waals surface area contributed by atoms with Crippen molar-refractivity contribution in [2.24, 2.45) is 28.6 Å². The Morgan fingerprint density at radius 1 is 1.35 bits per heavy atom. The van der Waals surface area contributed by atoms with Crippen molar-refractivity contribution < 1.29 is 33.7 Å². The normalized spacial score (nSPS) is 46.4. The van der Waals surface area contributed by atoms with Gasteiger partial charge in [0.15, 0.2) is 29.6 Å². The van der Waals surface area contributed by atoms with E-state index in [1.54, 1.807) is 12.2 Å². The van der Waals surface area contributed by atoms with E-state index in [0.29, 0.717) is 19.3 Å². The van der Waals surface area contributed by atoms with Crippen LogP contribution >= 0.6 is 11.6 Å². The van der Waals surface area contributed by atoms with Gasteiger partial charge in [0, 0.05) is 16.7 Å². The van der Waals surface area contributed by atoms with Crippen molar-refractivity contribution in [2.75, 3.05) is 12.7 Å². The largest absolute Gasteiger partial charge is 0.393 e. The lowest BCUT2D eigenvalue weighted by atomic mass is 9.46. The van der Waals surface area contributed by atoms with Gasteiger partial charge in [-0.3, -0.25) is 9.59 Å². The van der Waals surface area contributed by atoms with Crippen LogP contribution in [0.3, 0.4) is 0 Å². The molecule has 0 bridgehead atoms. The van der Waals surface area contributed by atoms with Gasteiger partial charge in [0.1, 0.15) is 6.61 Å². The van der Waals surface area contributed by atoms with Crippen LogP contribution in [-0.2, 0) is 19.1 Å². The van der Waals surface area contributed by atoms with E-state index < -0.39 is 42.3 Å². The highest BCUT2D eigenvalue weighted by molar-refractivity contribution is 6.16. The highest BCUT2D eigenvalue weighted by atomic mass is 35.5. The van der Waals surface area contributed by atoms with E-state index in [2.05, 4.69) is 32.4 Å². The molecule has 0 aromatic carbocycles. The zero-order valence-corrected chi connectivity index (χ0v) is 20.9. The van der Waals surface area contributed by atoms with Gasteiger partial charge >= 0.3 is 0 Å². The summed E-state index contributed by atoms with van der Waals surface area (Å²) in [5.74, 6) is 0.0274. The molecule has 0 radical (unpaired) electrons. The maximum absolute atomic E-state index is 13.2. The minimum Gasteiger partial charge on any atom is -0.393 e. The van der Waals surface area contributed by atoms with Gasteiger partial charge in [-0.25, -0.2) is 4.39 Å². The highest BCUT2D eigenvalue weighted by Crippen LogP contribution is 2.69. The van der Waals surface area contributed by atoms with E-state index in [4.69, 9.17) is 9.47 Å². The number of Topliss-reactive ketones (excluding diaryl/α,β-unsaturated/α-hetero) is 1. The van der Waals surface area contributed by atoms with Crippen LogP contribution in [-0.4, -0.2) is 58.6 Å². The number of aliphatic hydroxyl groups is 2. The number of fused-ring (bicyclic) bond motifs is 7. The number of carbonyl (C=O) groups excluding carboxylic acids is 2. The van der Waals surface area contributed by atoms with E-state index in [1.807, 2.05) is 6.08 Å². The van der Waals surface area contributed by atoms with E-state index in [0.717, 1.165) is 24.8 Å². The van der Waals surface area contributed by atoms with Crippen molar-refractivity contribution in [3.63, 3.8) is 0 Å². The Labute approximate surface area is 205 Å². The monoisotopic (exact) mass is 498 g/mol. The molecule has 1 saturated heterocycles. The van der Waals surface area contributed by atoms with Gasteiger partial charge in [0.25, 0.3) is 0 Å². The Kier molecular flexibility index (Phi) is 7.17. The third kappa shape index (κ3) is 3.57. The summed E-state index contributed by atoms with van der Waals surface area (Å²) >= 11 is 4.33. The Balaban J connectivity index is 0.000000868. The van der Waals surface area contributed by atoms with Gasteiger partial charge in [0.2, 0.25) is 0 Å². The number of hydrogen-bond donors (Lipinski definition) is 2. The molecule has 9 atom stereocenters. The Morgan fingerprint density at radius 3 is 2.71 bits per heavy atom. The molecule has 0 unspecified atom stereocenters. The number of alkyl halides is 2. The van der Waals surface area contributed by atoms with Crippen molar-refractivity contribution in [3.8, 4) is 0 Å². The number of allylic oxidation sites excluding steroid dienone is 4. The molecule has 0 aromatic heterocycles. The van der Waals surface area contributed by atoms with E-state index in [9.17, 15) is 24.2 Å². The van der Waals surface area contributed by atoms with Crippen LogP contribution in [0.15, 0.2) is 23.8 Å². The average molecular weight is 499 g/mol. The van der Waals surface area contributed by atoms with E-state index in [-0.39, 0.29) is 34.7 Å². The summed E-state index contributed by atoms with van der Waals surface area (Å²) in [5.41, 5.74) is -1.05. The van der Waals surface area contributed by atoms with Crippen LogP contribution in [0, 0.1) is 28.6 Å². The SMILES string of the molecule is CCC[C@@H]1O[C@@H]2C[C@H]3[C@@H]4CCC5=CC(=O)C=C[C@]5(C)[C@H]4[C@@H](O)C[C@]3(C)[C@]2(C(=O)CO)O1.FCCl. The molecule has 5 rings (SSSR count). The van der Waals surface area contributed by atoms with Crippen molar-refractivity contribution in [1.29, 1.82) is 0 Å². The van der Waals surface area contributed by atoms with E-state index in [1.165, 1.54) is 0 Å². The fraction of sp³-hybridized carbons (Fsp3) is 0.769. The first-order valence-electron chi connectivity index (χ1n) is 12.3. The standard InChI is InChI=1S/C25H34O6.CH2ClF/c1-4-5-21-30-20-11-17-16-7-6-14-10-15(27)8-9-23(14,2)22(16)18(28)12-24(17,3)25(20,31-21)19(29)13-26;2-1-3/h8-10,16-18,20-22,26,28H,4-7,11-13H2,1-3H3;1H2/t16-,17-,18-,20+,21+,22+,23-,24-,25+;/m0./s1. The first-order chi connectivity index (χ1) is 16.1. The molecule has 2 N–H and O–H groups in total. The molecular weight excluding hydrogens is 463 g/mol. The van der Waals surface area contributed by atoms with Gasteiger partial charge in [-0.05, 0) is 56.1 Å². The molecule has 34 heavy (non-hydrogen) atoms. The number of aliphatic hydroxyl groups excluding tert-OH is 2. The summed E-state index contributed by atoms with van der Waals surface area (Å²) in [6, 6.07) is 0. The number of carbonyl (C=O) groups is 2. The van der Waals surface area contributed by atoms with Gasteiger partial charge in [-0.1, -0.05) is 50.4 Å². The fourth-order valence-corrected chi connectivity index (χ4v) is 8.12. The van der Waals surface area contributed by atoms with E-state index >= 15 is 0 Å². The molecule has 0 spiro atoms. The minimum atomic E-state index is -1.20. The van der Waals surface area contributed by atoms with Crippen molar-refractivity contribution in [2.45, 2.75) is 83.4 Å². The lowest BCUT2D eigenvalue weighted by Crippen LogP contribution is -2.63. The average Bonchev–Trinajstić information content (AvgIpc) is 3.26. The predicted molar refractivity (Wildman–Crippen MR) is 125 cm³/mol. The molecule has 4 fully saturated rings. The number of rotatable bonds is 4. The topological polar surface area (TPSA) is 93.1 Å². The lowest BCUT2D eigenvalue weighted by Gasteiger charge is -2.59. The van der Waals surface area contributed by atoms with Crippen LogP contribution in [0.1, 0.15) is 59.3 Å². The summed E-state index contributed by atoms with van der Waals surface area (Å²) in [7, 11) is 0. The summed E-state index contributed by atoms with van der Waals surface area (Å²) in [4.78, 5) is 25.2. The molecular formula is C26H36ClFO6. The van der Waals surface area contributed by atoms with Crippen molar-refractivity contribution in [1.82, 2.24) is 0 Å². The third-order valence-corrected chi connectivity index (χ3v) is 9.37. The van der Waals surface area contributed by atoms with Crippen LogP contribution < -0.4 is 0 Å². The molecule has 0 amide bonds. The molecule has 1 heterocycles. The molecule has 0 aromatic rings. The highest BCUT2D eigenvalue weighted by Gasteiger charge is 2.75. The minimum absolute atomic E-state index is 0.0125. The van der Waals surface area contributed by atoms with Crippen LogP contribution in [0.4, 0.5) is 4.39 Å². The van der Waals surface area contributed by atoms with Gasteiger partial charge in [-0.2, -0.15) is 0 Å². The van der Waals surface area contributed by atoms with Crippen LogP contribution in [0.5, 0.6) is 0 Å². The zero-order valence-electron chi connectivity index (χ0n) is 20.1. The molecule has 4 aliphatic carbocycles. The van der Waals surface area contributed by atoms with Crippen molar-refractivity contribution >= 4 is 23.2 Å². The van der Waals surface area contributed by atoms with Gasteiger partial charge in [0.05, 0.1) is 12.2 Å². The molecule has 6 nitrogen and oxygen atoms in total. The van der Waals surface area contributed by atoms with Crippen LogP contribution in [0.2, 0.25) is 0 Å². The summed E-state index contributed by atoms with van der Waals surface area (Å²) in [6.07, 6.45) is 7.54. The maximum atomic E-state index is 13.2. The fourth-order valence-electron chi connectivity index (χ4n) is 8.12. The molecule has 1 aliphatic heterocycles. The Bertz CT molecular complexity index is 891. The molecule has 5 aliphatic rings. The zero-order chi connectivity index (χ0) is 24.9. The summed E-state index contributed by atoms with van der Waals surface area (Å²) < 4.78 is 22.7. The molecule has 3 saturated carbocycles. The third-order valence-electron chi connectivity index (χ3n) is 9.37. The number of hydrogen-bond acceptors (Lipinski definition) is 6. The van der Waals surface area contributed by atoms with Crippen LogP contribution in [0.25, 0.3) is 0 Å². The van der Waals surface area contributed by atoms with Gasteiger partial charge in [-0.15, -0.1) is 0 Å². The number of ketones is 2. The van der Waals surface area contributed by atoms with Crippen molar-refractivity contribution in [3.05, 3.63) is 23.8 Å². The maximum Gasteiger partial charge on any atom is 0.193 e. The smallest absolute Gasteiger partial charge is 0.193 e. The number of ether oxygens (including phenoxy) is 2. The number of halogens is 2. The second-order valence-corrected chi connectivity index (χ2v) is 11.0. The quantitative estimate of drug-likeness (QED) is 0.571. The van der Waals surface area contributed by atoms with Gasteiger partial charge < -0.3 is 19.7 Å². The summed E-state index contributed by atoms with van der Waals surface area (Å²) in [6.45, 7) is 5.67. The lowest BCUT2D eigenvalue weighted by molar-refractivity contribution is -0.200. The second kappa shape index (κ2) is 9.40. The second-order valence-electron chi connectivity index (χ2n) is 10.8. The first kappa shape index (κ1) is 26.0. The first-order valence-corrected chi connectivity index (χ1v) is 12.9. The molecule has 8 heteroatoms. The molecule has 190 valence electrons.